The van der Waals surface area contributed by atoms with E-state index >= 15 is 0 Å². The molecule has 2 aliphatic rings. The molecule has 5 heteroatoms. The number of aromatic nitrogens is 1. The van der Waals surface area contributed by atoms with Crippen LogP contribution in [-0.2, 0) is 4.74 Å². The molecule has 140 valence electrons. The van der Waals surface area contributed by atoms with Gasteiger partial charge in [0.2, 0.25) is 0 Å². The number of esters is 1. The van der Waals surface area contributed by atoms with Gasteiger partial charge in [-0.1, -0.05) is 64.2 Å². The number of hydrogen-bond acceptors (Lipinski definition) is 4. The van der Waals surface area contributed by atoms with E-state index in [0.717, 1.165) is 11.8 Å². The summed E-state index contributed by atoms with van der Waals surface area (Å²) in [6.45, 7) is 0. The van der Waals surface area contributed by atoms with Crippen LogP contribution >= 0.6 is 15.9 Å². The zero-order chi connectivity index (χ0) is 18.1. The third-order valence-corrected chi connectivity index (χ3v) is 5.84. The van der Waals surface area contributed by atoms with Gasteiger partial charge >= 0.3 is 5.97 Å². The fraction of sp³-hybridized carbons (Fsp3) is 0.700. The van der Waals surface area contributed by atoms with E-state index in [-0.39, 0.29) is 11.4 Å². The Morgan fingerprint density at radius 1 is 1.12 bits per heavy atom. The van der Waals surface area contributed by atoms with Gasteiger partial charge < -0.3 is 10.5 Å². The summed E-state index contributed by atoms with van der Waals surface area (Å²) in [6.07, 6.45) is 18.4. The lowest BCUT2D eigenvalue weighted by Gasteiger charge is -2.28. The molecule has 0 spiro atoms. The Hall–Kier alpha value is -1.10. The molecule has 1 aromatic heterocycles. The fourth-order valence-electron chi connectivity index (χ4n) is 4.04. The first-order valence-electron chi connectivity index (χ1n) is 9.59. The first kappa shape index (κ1) is 20.2. The number of carbonyl (C=O) groups is 1. The Labute approximate surface area is 160 Å². The number of halogens is 1. The topological polar surface area (TPSA) is 65.2 Å². The molecule has 0 amide bonds. The van der Waals surface area contributed by atoms with Crippen LogP contribution in [0.15, 0.2) is 16.7 Å². The highest BCUT2D eigenvalue weighted by Gasteiger charge is 2.20. The number of rotatable bonds is 3. The molecule has 2 aliphatic carbocycles. The first-order valence-corrected chi connectivity index (χ1v) is 10.4. The molecule has 0 radical (unpaired) electrons. The highest BCUT2D eigenvalue weighted by molar-refractivity contribution is 9.10. The van der Waals surface area contributed by atoms with Gasteiger partial charge in [-0.2, -0.15) is 0 Å². The molecule has 0 saturated heterocycles. The molecular formula is C20H31BrN2O2. The molecule has 2 saturated carbocycles. The van der Waals surface area contributed by atoms with Crippen molar-refractivity contribution in [1.29, 1.82) is 0 Å². The molecule has 1 aromatic rings. The van der Waals surface area contributed by atoms with E-state index in [9.17, 15) is 4.79 Å². The van der Waals surface area contributed by atoms with Crippen molar-refractivity contribution >= 4 is 27.7 Å². The molecule has 0 bridgehead atoms. The number of anilines is 1. The van der Waals surface area contributed by atoms with Crippen molar-refractivity contribution < 1.29 is 9.53 Å². The van der Waals surface area contributed by atoms with Gasteiger partial charge in [0.1, 0.15) is 11.4 Å². The van der Waals surface area contributed by atoms with Gasteiger partial charge in [0, 0.05) is 10.7 Å². The maximum atomic E-state index is 11.0. The number of hydrogen-bond donors (Lipinski definition) is 1. The van der Waals surface area contributed by atoms with E-state index in [1.165, 1.54) is 51.8 Å². The zero-order valence-corrected chi connectivity index (χ0v) is 16.9. The lowest BCUT2D eigenvalue weighted by Crippen LogP contribution is -2.14. The van der Waals surface area contributed by atoms with Crippen molar-refractivity contribution in [2.24, 2.45) is 11.8 Å². The normalized spacial score (nSPS) is 19.0. The monoisotopic (exact) mass is 410 g/mol. The summed E-state index contributed by atoms with van der Waals surface area (Å²) in [7, 11) is 1.29. The predicted molar refractivity (Wildman–Crippen MR) is 105 cm³/mol. The van der Waals surface area contributed by atoms with E-state index in [1.54, 1.807) is 38.2 Å². The van der Waals surface area contributed by atoms with Crippen LogP contribution in [0.4, 0.5) is 5.82 Å². The van der Waals surface area contributed by atoms with Gasteiger partial charge in [0.15, 0.2) is 0 Å². The number of nitrogens with two attached hydrogens (primary N) is 1. The van der Waals surface area contributed by atoms with E-state index in [4.69, 9.17) is 5.73 Å². The molecule has 0 atom stereocenters. The van der Waals surface area contributed by atoms with E-state index < -0.39 is 5.97 Å². The van der Waals surface area contributed by atoms with Crippen molar-refractivity contribution in [3.63, 3.8) is 0 Å². The summed E-state index contributed by atoms with van der Waals surface area (Å²) < 4.78 is 5.18. The molecule has 1 heterocycles. The van der Waals surface area contributed by atoms with Gasteiger partial charge in [-0.3, -0.25) is 0 Å². The summed E-state index contributed by atoms with van der Waals surface area (Å²) >= 11 is 3.17. The summed E-state index contributed by atoms with van der Waals surface area (Å²) in [5.74, 6) is 1.93. The van der Waals surface area contributed by atoms with Crippen LogP contribution in [0.25, 0.3) is 0 Å². The second-order valence-corrected chi connectivity index (χ2v) is 8.24. The molecule has 0 unspecified atom stereocenters. The molecule has 2 N–H and O–H groups in total. The third kappa shape index (κ3) is 6.96. The highest BCUT2D eigenvalue weighted by atomic mass is 79.9. The molecule has 3 rings (SSSR count). The maximum Gasteiger partial charge on any atom is 0.341 e. The first-order chi connectivity index (χ1) is 12.1. The van der Waals surface area contributed by atoms with Gasteiger partial charge in [0.05, 0.1) is 7.11 Å². The second kappa shape index (κ2) is 10.8. The fourth-order valence-corrected chi connectivity index (χ4v) is 4.37. The average Bonchev–Trinajstić information content (AvgIpc) is 2.65. The standard InChI is InChI=1S/C13H24.C7H7BrN2O2/c1-3-7-12(8-4-1)11-13-9-5-2-6-10-13;1-12-7(11)5-2-4(8)3-10-6(5)9/h12-13H,1-11H2;2-3H,1H3,(H2,9,10). The lowest BCUT2D eigenvalue weighted by molar-refractivity contribution is 0.0601. The maximum absolute atomic E-state index is 11.0. The molecule has 0 aliphatic heterocycles. The summed E-state index contributed by atoms with van der Waals surface area (Å²) in [4.78, 5) is 14.8. The average molecular weight is 411 g/mol. The number of nitrogen functional groups attached to an aromatic ring is 1. The quantitative estimate of drug-likeness (QED) is 0.643. The largest absolute Gasteiger partial charge is 0.465 e. The van der Waals surface area contributed by atoms with Crippen LogP contribution in [0, 0.1) is 11.8 Å². The number of nitrogens with zero attached hydrogens (tertiary/aromatic N) is 1. The lowest BCUT2D eigenvalue weighted by atomic mass is 9.78. The summed E-state index contributed by atoms with van der Waals surface area (Å²) in [6, 6.07) is 1.56. The number of pyridine rings is 1. The van der Waals surface area contributed by atoms with Crippen molar-refractivity contribution in [3.05, 3.63) is 22.3 Å². The van der Waals surface area contributed by atoms with Crippen LogP contribution in [0.5, 0.6) is 0 Å². The minimum absolute atomic E-state index is 0.171. The minimum atomic E-state index is -0.485. The van der Waals surface area contributed by atoms with Crippen molar-refractivity contribution in [1.82, 2.24) is 4.98 Å². The Bertz CT molecular complexity index is 522. The van der Waals surface area contributed by atoms with Crippen molar-refractivity contribution in [2.45, 2.75) is 70.6 Å². The number of carbonyl (C=O) groups excluding carboxylic acids is 1. The van der Waals surface area contributed by atoms with E-state index in [0.29, 0.717) is 4.47 Å². The number of methoxy groups -OCH3 is 1. The Kier molecular flexibility index (Phi) is 8.73. The van der Waals surface area contributed by atoms with Gasteiger partial charge in [-0.15, -0.1) is 0 Å². The Morgan fingerprint density at radius 2 is 1.64 bits per heavy atom. The summed E-state index contributed by atoms with van der Waals surface area (Å²) in [5.41, 5.74) is 5.70. The van der Waals surface area contributed by atoms with Crippen LogP contribution in [0.1, 0.15) is 81.0 Å². The van der Waals surface area contributed by atoms with E-state index in [1.807, 2.05) is 0 Å². The Morgan fingerprint density at radius 3 is 2.12 bits per heavy atom. The van der Waals surface area contributed by atoms with Crippen LogP contribution in [-0.4, -0.2) is 18.1 Å². The molecular weight excluding hydrogens is 380 g/mol. The van der Waals surface area contributed by atoms with Gasteiger partial charge in [-0.25, -0.2) is 9.78 Å². The van der Waals surface area contributed by atoms with Crippen LogP contribution in [0.3, 0.4) is 0 Å². The zero-order valence-electron chi connectivity index (χ0n) is 15.3. The minimum Gasteiger partial charge on any atom is -0.465 e. The molecule has 2 fully saturated rings. The SMILES string of the molecule is C1CCC(CC2CCCCC2)CC1.COC(=O)c1cc(Br)cnc1N. The highest BCUT2D eigenvalue weighted by Crippen LogP contribution is 2.34. The predicted octanol–water partition coefficient (Wildman–Crippen LogP) is 5.75. The third-order valence-electron chi connectivity index (χ3n) is 5.41. The van der Waals surface area contributed by atoms with Crippen molar-refractivity contribution in [3.8, 4) is 0 Å². The molecule has 25 heavy (non-hydrogen) atoms. The smallest absolute Gasteiger partial charge is 0.341 e. The molecule has 4 nitrogen and oxygen atoms in total. The number of ether oxygens (including phenoxy) is 1. The van der Waals surface area contributed by atoms with Crippen LogP contribution < -0.4 is 5.73 Å². The molecule has 0 aromatic carbocycles. The van der Waals surface area contributed by atoms with Gasteiger partial charge in [0.25, 0.3) is 0 Å². The Balaban J connectivity index is 0.000000181. The van der Waals surface area contributed by atoms with Gasteiger partial charge in [-0.05, 0) is 40.3 Å². The second-order valence-electron chi connectivity index (χ2n) is 7.32. The van der Waals surface area contributed by atoms with Crippen LogP contribution in [0.2, 0.25) is 0 Å². The van der Waals surface area contributed by atoms with Crippen molar-refractivity contribution in [2.75, 3.05) is 12.8 Å². The summed E-state index contributed by atoms with van der Waals surface area (Å²) in [5, 5.41) is 0. The van der Waals surface area contributed by atoms with E-state index in [2.05, 4.69) is 25.7 Å².